The molecule has 29 heavy (non-hydrogen) atoms. The van der Waals surface area contributed by atoms with Crippen molar-refractivity contribution in [2.75, 3.05) is 11.4 Å². The first-order chi connectivity index (χ1) is 14.2. The monoisotopic (exact) mass is 391 g/mol. The van der Waals surface area contributed by atoms with E-state index in [2.05, 4.69) is 36.7 Å². The lowest BCUT2D eigenvalue weighted by Crippen LogP contribution is -2.31. The number of oxime groups is 1. The van der Waals surface area contributed by atoms with E-state index in [1.165, 1.54) is 0 Å². The predicted octanol–water partition coefficient (Wildman–Crippen LogP) is 2.07. The molecule has 0 saturated heterocycles. The molecule has 10 heteroatoms. The Labute approximate surface area is 166 Å². The van der Waals surface area contributed by atoms with E-state index in [1.807, 2.05) is 30.3 Å². The Morgan fingerprint density at radius 2 is 2.07 bits per heavy atom. The van der Waals surface area contributed by atoms with Gasteiger partial charge < -0.3 is 9.94 Å². The number of carboxylic acid groups (broad SMARTS) is 1. The summed E-state index contributed by atoms with van der Waals surface area (Å²) >= 11 is 0. The van der Waals surface area contributed by atoms with Gasteiger partial charge in [-0.25, -0.2) is 9.78 Å². The second-order valence-electron chi connectivity index (χ2n) is 5.69. The minimum absolute atomic E-state index is 0.0185. The van der Waals surface area contributed by atoms with Crippen LogP contribution in [0.5, 0.6) is 0 Å². The lowest BCUT2D eigenvalue weighted by Gasteiger charge is -2.17. The van der Waals surface area contributed by atoms with Gasteiger partial charge in [-0.3, -0.25) is 4.90 Å². The summed E-state index contributed by atoms with van der Waals surface area (Å²) in [6, 6.07) is 14.2. The van der Waals surface area contributed by atoms with Crippen molar-refractivity contribution in [1.29, 1.82) is 0 Å². The Morgan fingerprint density at radius 1 is 1.24 bits per heavy atom. The molecule has 2 heterocycles. The van der Waals surface area contributed by atoms with Gasteiger partial charge in [-0.2, -0.15) is 5.21 Å². The number of hydrogen-bond acceptors (Lipinski definition) is 7. The zero-order chi connectivity index (χ0) is 20.5. The summed E-state index contributed by atoms with van der Waals surface area (Å²) in [5, 5.41) is 27.3. The molecular formula is C19H17N7O3. The van der Waals surface area contributed by atoms with Crippen LogP contribution in [-0.4, -0.2) is 49.1 Å². The van der Waals surface area contributed by atoms with Gasteiger partial charge in [0.1, 0.15) is 5.82 Å². The standard InChI is InChI=1S/C19H17N7O3/c1-2-3-12-26(19(27)28)16-11-7-10-15(20-16)13-29-23-17(18-21-24-25-22-18)14-8-5-4-6-9-14/h1,4-11H,3,12-13H2,(H,27,28)(H,21,22,24,25)/b23-17-. The lowest BCUT2D eigenvalue weighted by atomic mass is 10.1. The summed E-state index contributed by atoms with van der Waals surface area (Å²) in [7, 11) is 0. The molecule has 2 N–H and O–H groups in total. The number of hydrogen-bond donors (Lipinski definition) is 2. The zero-order valence-corrected chi connectivity index (χ0v) is 15.3. The first kappa shape index (κ1) is 19.5. The molecule has 0 unspecified atom stereocenters. The molecule has 146 valence electrons. The summed E-state index contributed by atoms with van der Waals surface area (Å²) in [5.74, 6) is 2.96. The number of nitrogens with one attached hydrogen (secondary N) is 1. The Kier molecular flexibility index (Phi) is 6.46. The average Bonchev–Trinajstić information content (AvgIpc) is 3.27. The molecule has 1 aromatic carbocycles. The highest BCUT2D eigenvalue weighted by molar-refractivity contribution is 6.10. The summed E-state index contributed by atoms with van der Waals surface area (Å²) in [5.41, 5.74) is 1.65. The topological polar surface area (TPSA) is 129 Å². The molecule has 0 atom stereocenters. The quantitative estimate of drug-likeness (QED) is 0.341. The fraction of sp³-hybridized carbons (Fsp3) is 0.158. The molecule has 0 bridgehead atoms. The Hall–Kier alpha value is -4.26. The summed E-state index contributed by atoms with van der Waals surface area (Å²) in [4.78, 5) is 22.3. The van der Waals surface area contributed by atoms with Crippen molar-refractivity contribution in [1.82, 2.24) is 25.6 Å². The molecular weight excluding hydrogens is 374 g/mol. The first-order valence-electron chi connectivity index (χ1n) is 8.58. The molecule has 0 aliphatic heterocycles. The number of rotatable bonds is 8. The molecule has 10 nitrogen and oxygen atoms in total. The first-order valence-corrected chi connectivity index (χ1v) is 8.58. The Balaban J connectivity index is 1.76. The third-order valence-electron chi connectivity index (χ3n) is 3.75. The van der Waals surface area contributed by atoms with E-state index in [9.17, 15) is 9.90 Å². The fourth-order valence-corrected chi connectivity index (χ4v) is 2.43. The van der Waals surface area contributed by atoms with E-state index in [1.54, 1.807) is 18.2 Å². The second-order valence-corrected chi connectivity index (χ2v) is 5.69. The van der Waals surface area contributed by atoms with Crippen LogP contribution in [-0.2, 0) is 11.4 Å². The van der Waals surface area contributed by atoms with Crippen LogP contribution >= 0.6 is 0 Å². The van der Waals surface area contributed by atoms with Gasteiger partial charge in [0.05, 0.1) is 5.69 Å². The lowest BCUT2D eigenvalue weighted by molar-refractivity contribution is 0.128. The van der Waals surface area contributed by atoms with Crippen LogP contribution in [0.25, 0.3) is 0 Å². The normalized spacial score (nSPS) is 10.9. The van der Waals surface area contributed by atoms with Crippen LogP contribution in [0.4, 0.5) is 10.6 Å². The van der Waals surface area contributed by atoms with Crippen LogP contribution < -0.4 is 4.90 Å². The molecule has 0 radical (unpaired) electrons. The molecule has 1 amide bonds. The van der Waals surface area contributed by atoms with Crippen molar-refractivity contribution in [3.63, 3.8) is 0 Å². The van der Waals surface area contributed by atoms with Crippen molar-refractivity contribution < 1.29 is 14.7 Å². The van der Waals surface area contributed by atoms with Gasteiger partial charge in [0, 0.05) is 18.5 Å². The van der Waals surface area contributed by atoms with Crippen LogP contribution in [0.2, 0.25) is 0 Å². The summed E-state index contributed by atoms with van der Waals surface area (Å²) in [6.45, 7) is 0.169. The molecule has 3 aromatic rings. The minimum Gasteiger partial charge on any atom is -0.465 e. The average molecular weight is 391 g/mol. The predicted molar refractivity (Wildman–Crippen MR) is 104 cm³/mol. The Morgan fingerprint density at radius 3 is 2.76 bits per heavy atom. The van der Waals surface area contributed by atoms with Crippen LogP contribution in [0.1, 0.15) is 23.5 Å². The molecule has 0 saturated carbocycles. The second kappa shape index (κ2) is 9.61. The van der Waals surface area contributed by atoms with E-state index >= 15 is 0 Å². The van der Waals surface area contributed by atoms with Gasteiger partial charge in [0.15, 0.2) is 12.3 Å². The van der Waals surface area contributed by atoms with E-state index in [-0.39, 0.29) is 31.2 Å². The third-order valence-corrected chi connectivity index (χ3v) is 3.75. The van der Waals surface area contributed by atoms with Crippen molar-refractivity contribution in [3.8, 4) is 12.3 Å². The van der Waals surface area contributed by atoms with E-state index in [0.29, 0.717) is 11.4 Å². The number of amides is 1. The highest BCUT2D eigenvalue weighted by atomic mass is 16.6. The largest absolute Gasteiger partial charge is 0.465 e. The zero-order valence-electron chi connectivity index (χ0n) is 15.3. The number of H-pyrrole nitrogens is 1. The summed E-state index contributed by atoms with van der Waals surface area (Å²) < 4.78 is 0. The molecule has 0 aliphatic rings. The maximum Gasteiger partial charge on any atom is 0.413 e. The van der Waals surface area contributed by atoms with E-state index < -0.39 is 6.09 Å². The van der Waals surface area contributed by atoms with Crippen molar-refractivity contribution >= 4 is 17.6 Å². The number of benzene rings is 1. The van der Waals surface area contributed by atoms with Gasteiger partial charge in [-0.1, -0.05) is 41.6 Å². The summed E-state index contributed by atoms with van der Waals surface area (Å²) in [6.07, 6.45) is 4.38. The van der Waals surface area contributed by atoms with Gasteiger partial charge in [-0.15, -0.1) is 22.5 Å². The van der Waals surface area contributed by atoms with E-state index in [4.69, 9.17) is 11.3 Å². The molecule has 2 aromatic heterocycles. The van der Waals surface area contributed by atoms with Gasteiger partial charge in [0.2, 0.25) is 5.82 Å². The molecule has 0 fully saturated rings. The fourth-order valence-electron chi connectivity index (χ4n) is 2.43. The molecule has 3 rings (SSSR count). The number of aromatic nitrogens is 5. The smallest absolute Gasteiger partial charge is 0.413 e. The highest BCUT2D eigenvalue weighted by Crippen LogP contribution is 2.14. The maximum absolute atomic E-state index is 11.5. The van der Waals surface area contributed by atoms with Crippen LogP contribution in [0, 0.1) is 12.3 Å². The van der Waals surface area contributed by atoms with Gasteiger partial charge >= 0.3 is 6.09 Å². The molecule has 0 aliphatic carbocycles. The number of pyridine rings is 1. The number of carbonyl (C=O) groups is 1. The van der Waals surface area contributed by atoms with Crippen molar-refractivity contribution in [2.24, 2.45) is 5.16 Å². The SMILES string of the molecule is C#CCCN(C(=O)O)c1cccc(CO/N=C(/c2ccccc2)c2nn[nH]n2)n1. The van der Waals surface area contributed by atoms with Gasteiger partial charge in [0.25, 0.3) is 0 Å². The number of anilines is 1. The third kappa shape index (κ3) is 5.14. The van der Waals surface area contributed by atoms with Crippen LogP contribution in [0.15, 0.2) is 53.7 Å². The van der Waals surface area contributed by atoms with Crippen molar-refractivity contribution in [2.45, 2.75) is 13.0 Å². The van der Waals surface area contributed by atoms with E-state index in [0.717, 1.165) is 10.5 Å². The van der Waals surface area contributed by atoms with Gasteiger partial charge in [-0.05, 0) is 17.3 Å². The molecule has 0 spiro atoms. The number of aromatic amines is 1. The van der Waals surface area contributed by atoms with Crippen molar-refractivity contribution in [3.05, 3.63) is 65.6 Å². The van der Waals surface area contributed by atoms with Crippen LogP contribution in [0.3, 0.4) is 0 Å². The number of nitrogens with zero attached hydrogens (tertiary/aromatic N) is 6. The maximum atomic E-state index is 11.5. The highest BCUT2D eigenvalue weighted by Gasteiger charge is 2.16. The Bertz CT molecular complexity index is 1010. The number of terminal acetylenes is 1. The number of tetrazole rings is 1. The minimum atomic E-state index is -1.13.